The molecule has 2 aliphatic heterocycles. The summed E-state index contributed by atoms with van der Waals surface area (Å²) in [6, 6.07) is 7.17. The molecule has 7 heteroatoms. The molecule has 0 aliphatic carbocycles. The largest absolute Gasteiger partial charge is 0.381 e. The van der Waals surface area contributed by atoms with Gasteiger partial charge in [-0.05, 0) is 49.3 Å². The van der Waals surface area contributed by atoms with E-state index in [0.29, 0.717) is 36.7 Å². The van der Waals surface area contributed by atoms with Crippen LogP contribution in [0.2, 0.25) is 0 Å². The third kappa shape index (κ3) is 4.58. The first-order valence-electron chi connectivity index (χ1n) is 10.2. The van der Waals surface area contributed by atoms with E-state index in [2.05, 4.69) is 13.8 Å². The van der Waals surface area contributed by atoms with Crippen molar-refractivity contribution in [3.8, 4) is 0 Å². The number of rotatable bonds is 5. The second kappa shape index (κ2) is 8.93. The molecule has 0 bridgehead atoms. The summed E-state index contributed by atoms with van der Waals surface area (Å²) in [6.07, 6.45) is 3.18. The fourth-order valence-corrected chi connectivity index (χ4v) is 5.56. The summed E-state index contributed by atoms with van der Waals surface area (Å²) in [5.74, 6) is 0.467. The highest BCUT2D eigenvalue weighted by Gasteiger charge is 2.34. The van der Waals surface area contributed by atoms with E-state index in [1.54, 1.807) is 19.2 Å². The lowest BCUT2D eigenvalue weighted by Gasteiger charge is -2.36. The van der Waals surface area contributed by atoms with Crippen molar-refractivity contribution in [3.63, 3.8) is 0 Å². The number of carbonyl (C=O) groups excluding carboxylic acids is 1. The number of ether oxygens (including phenoxy) is 1. The Morgan fingerprint density at radius 2 is 1.57 bits per heavy atom. The summed E-state index contributed by atoms with van der Waals surface area (Å²) < 4.78 is 32.8. The predicted octanol–water partition coefficient (Wildman–Crippen LogP) is 2.85. The molecule has 28 heavy (non-hydrogen) atoms. The summed E-state index contributed by atoms with van der Waals surface area (Å²) in [4.78, 5) is 15.1. The van der Waals surface area contributed by atoms with E-state index in [9.17, 15) is 13.2 Å². The SMILES string of the molecule is COC1CCN(C(=O)C2CCN(S(=O)(=O)c3ccc(C(C)C)cc3)CC2)CC1. The van der Waals surface area contributed by atoms with E-state index in [-0.39, 0.29) is 17.9 Å². The van der Waals surface area contributed by atoms with Crippen LogP contribution in [-0.2, 0) is 19.6 Å². The van der Waals surface area contributed by atoms with Crippen LogP contribution in [0.15, 0.2) is 29.2 Å². The number of benzene rings is 1. The number of piperidine rings is 2. The summed E-state index contributed by atoms with van der Waals surface area (Å²) >= 11 is 0. The van der Waals surface area contributed by atoms with Gasteiger partial charge in [-0.2, -0.15) is 4.31 Å². The molecule has 0 saturated carbocycles. The molecule has 0 N–H and O–H groups in total. The van der Waals surface area contributed by atoms with Gasteiger partial charge in [-0.3, -0.25) is 4.79 Å². The Morgan fingerprint density at radius 1 is 1.00 bits per heavy atom. The Bertz CT molecular complexity index is 760. The zero-order valence-corrected chi connectivity index (χ0v) is 18.0. The Balaban J connectivity index is 1.57. The van der Waals surface area contributed by atoms with Crippen LogP contribution in [0.3, 0.4) is 0 Å². The van der Waals surface area contributed by atoms with Gasteiger partial charge in [0.15, 0.2) is 0 Å². The molecule has 1 amide bonds. The van der Waals surface area contributed by atoms with E-state index in [0.717, 1.165) is 31.5 Å². The third-order valence-electron chi connectivity index (χ3n) is 6.07. The number of nitrogens with zero attached hydrogens (tertiary/aromatic N) is 2. The molecule has 6 nitrogen and oxygen atoms in total. The fraction of sp³-hybridized carbons (Fsp3) is 0.667. The van der Waals surface area contributed by atoms with E-state index in [4.69, 9.17) is 4.74 Å². The van der Waals surface area contributed by atoms with Crippen molar-refractivity contribution < 1.29 is 17.9 Å². The van der Waals surface area contributed by atoms with Gasteiger partial charge in [0.2, 0.25) is 15.9 Å². The molecule has 0 unspecified atom stereocenters. The number of methoxy groups -OCH3 is 1. The minimum atomic E-state index is -3.50. The van der Waals surface area contributed by atoms with Gasteiger partial charge in [-0.1, -0.05) is 26.0 Å². The molecule has 1 aromatic carbocycles. The van der Waals surface area contributed by atoms with Crippen molar-refractivity contribution in [1.82, 2.24) is 9.21 Å². The van der Waals surface area contributed by atoms with Crippen molar-refractivity contribution >= 4 is 15.9 Å². The molecular weight excluding hydrogens is 376 g/mol. The van der Waals surface area contributed by atoms with E-state index in [1.807, 2.05) is 17.0 Å². The highest BCUT2D eigenvalue weighted by Crippen LogP contribution is 2.27. The minimum Gasteiger partial charge on any atom is -0.381 e. The van der Waals surface area contributed by atoms with Crippen molar-refractivity contribution in [2.45, 2.75) is 56.4 Å². The van der Waals surface area contributed by atoms with Crippen LogP contribution in [0.5, 0.6) is 0 Å². The number of hydrogen-bond acceptors (Lipinski definition) is 4. The molecular formula is C21H32N2O4S. The molecule has 2 heterocycles. The van der Waals surface area contributed by atoms with Gasteiger partial charge in [0.25, 0.3) is 0 Å². The lowest BCUT2D eigenvalue weighted by Crippen LogP contribution is -2.47. The number of sulfonamides is 1. The second-order valence-corrected chi connectivity index (χ2v) is 10.1. The Kier molecular flexibility index (Phi) is 6.78. The first kappa shape index (κ1) is 21.3. The van der Waals surface area contributed by atoms with Crippen molar-refractivity contribution in [2.75, 3.05) is 33.3 Å². The van der Waals surface area contributed by atoms with Crippen molar-refractivity contribution in [1.29, 1.82) is 0 Å². The number of amides is 1. The Morgan fingerprint density at radius 3 is 2.07 bits per heavy atom. The van der Waals surface area contributed by atoms with Crippen LogP contribution in [0.1, 0.15) is 51.0 Å². The molecule has 2 fully saturated rings. The Hall–Kier alpha value is -1.44. The molecule has 1 aromatic rings. The first-order chi connectivity index (χ1) is 13.3. The summed E-state index contributed by atoms with van der Waals surface area (Å²) in [5.41, 5.74) is 1.13. The van der Waals surface area contributed by atoms with Gasteiger partial charge in [0.05, 0.1) is 11.0 Å². The number of likely N-dealkylation sites (tertiary alicyclic amines) is 1. The van der Waals surface area contributed by atoms with Crippen molar-refractivity contribution in [3.05, 3.63) is 29.8 Å². The fourth-order valence-electron chi connectivity index (χ4n) is 4.09. The molecule has 156 valence electrons. The van der Waals surface area contributed by atoms with Crippen LogP contribution in [0, 0.1) is 5.92 Å². The van der Waals surface area contributed by atoms with Crippen molar-refractivity contribution in [2.24, 2.45) is 5.92 Å². The standard InChI is InChI=1S/C21H32N2O4S/c1-16(2)17-4-6-20(7-5-17)28(25,26)23-14-8-18(9-15-23)21(24)22-12-10-19(27-3)11-13-22/h4-7,16,18-19H,8-15H2,1-3H3. The van der Waals surface area contributed by atoms with Crippen LogP contribution < -0.4 is 0 Å². The smallest absolute Gasteiger partial charge is 0.243 e. The first-order valence-corrected chi connectivity index (χ1v) is 11.7. The minimum absolute atomic E-state index is 0.0751. The van der Waals surface area contributed by atoms with Gasteiger partial charge in [0, 0.05) is 39.2 Å². The molecule has 3 rings (SSSR count). The van der Waals surface area contributed by atoms with Crippen LogP contribution in [0.4, 0.5) is 0 Å². The summed E-state index contributed by atoms with van der Waals surface area (Å²) in [7, 11) is -1.78. The lowest BCUT2D eigenvalue weighted by atomic mass is 9.95. The zero-order valence-electron chi connectivity index (χ0n) is 17.1. The van der Waals surface area contributed by atoms with Crippen LogP contribution >= 0.6 is 0 Å². The summed E-state index contributed by atoms with van der Waals surface area (Å²) in [6.45, 7) is 6.45. The maximum absolute atomic E-state index is 12.9. The molecule has 2 saturated heterocycles. The van der Waals surface area contributed by atoms with Gasteiger partial charge in [-0.15, -0.1) is 0 Å². The highest BCUT2D eigenvalue weighted by molar-refractivity contribution is 7.89. The van der Waals surface area contributed by atoms with Crippen LogP contribution in [0.25, 0.3) is 0 Å². The maximum atomic E-state index is 12.9. The molecule has 0 spiro atoms. The number of carbonyl (C=O) groups is 1. The zero-order chi connectivity index (χ0) is 20.3. The quantitative estimate of drug-likeness (QED) is 0.751. The molecule has 0 radical (unpaired) electrons. The maximum Gasteiger partial charge on any atom is 0.243 e. The molecule has 0 atom stereocenters. The topological polar surface area (TPSA) is 66.9 Å². The summed E-state index contributed by atoms with van der Waals surface area (Å²) in [5, 5.41) is 0. The number of hydrogen-bond donors (Lipinski definition) is 0. The van der Waals surface area contributed by atoms with E-state index in [1.165, 1.54) is 4.31 Å². The third-order valence-corrected chi connectivity index (χ3v) is 7.99. The Labute approximate surface area is 168 Å². The van der Waals surface area contributed by atoms with E-state index < -0.39 is 10.0 Å². The van der Waals surface area contributed by atoms with Gasteiger partial charge in [-0.25, -0.2) is 8.42 Å². The average molecular weight is 409 g/mol. The van der Waals surface area contributed by atoms with Gasteiger partial charge >= 0.3 is 0 Å². The van der Waals surface area contributed by atoms with Gasteiger partial charge < -0.3 is 9.64 Å². The average Bonchev–Trinajstić information content (AvgIpc) is 2.73. The highest BCUT2D eigenvalue weighted by atomic mass is 32.2. The monoisotopic (exact) mass is 408 g/mol. The van der Waals surface area contributed by atoms with Gasteiger partial charge in [0.1, 0.15) is 0 Å². The normalized spacial score (nSPS) is 20.6. The molecule has 0 aromatic heterocycles. The van der Waals surface area contributed by atoms with Crippen LogP contribution in [-0.4, -0.2) is 62.9 Å². The second-order valence-electron chi connectivity index (χ2n) is 8.16. The predicted molar refractivity (Wildman–Crippen MR) is 109 cm³/mol. The lowest BCUT2D eigenvalue weighted by molar-refractivity contribution is -0.139. The van der Waals surface area contributed by atoms with E-state index >= 15 is 0 Å². The molecule has 2 aliphatic rings.